The number of hydrogen-bond acceptors (Lipinski definition) is 5. The Kier molecular flexibility index (Phi) is 5.26. The highest BCUT2D eigenvalue weighted by Crippen LogP contribution is 2.26. The summed E-state index contributed by atoms with van der Waals surface area (Å²) in [7, 11) is 1.56. The van der Waals surface area contributed by atoms with E-state index in [-0.39, 0.29) is 17.4 Å². The number of Topliss-reactive ketones (excluding diaryl/α,β-unsaturated/α-hetero) is 1. The largest absolute Gasteiger partial charge is 0.375 e. The van der Waals surface area contributed by atoms with Gasteiger partial charge in [0, 0.05) is 30.8 Å². The van der Waals surface area contributed by atoms with Crippen LogP contribution in [-0.4, -0.2) is 23.7 Å². The Labute approximate surface area is 138 Å². The molecule has 0 bridgehead atoms. The highest BCUT2D eigenvalue weighted by atomic mass is 16.6. The Morgan fingerprint density at radius 1 is 1.08 bits per heavy atom. The topological polar surface area (TPSA) is 101 Å². The van der Waals surface area contributed by atoms with Gasteiger partial charge in [-0.1, -0.05) is 12.1 Å². The van der Waals surface area contributed by atoms with E-state index in [0.717, 1.165) is 5.56 Å². The zero-order chi connectivity index (χ0) is 17.7. The fraction of sp³-hybridized carbons (Fsp3) is 0.176. The zero-order valence-electron chi connectivity index (χ0n) is 13.3. The molecule has 1 amide bonds. The molecule has 0 saturated carbocycles. The highest BCUT2D eigenvalue weighted by molar-refractivity contribution is 5.95. The molecule has 0 saturated heterocycles. The number of nitro groups is 1. The van der Waals surface area contributed by atoms with Crippen LogP contribution in [0.4, 0.5) is 11.4 Å². The lowest BCUT2D eigenvalue weighted by molar-refractivity contribution is -0.384. The van der Waals surface area contributed by atoms with Crippen molar-refractivity contribution in [3.8, 4) is 0 Å². The first kappa shape index (κ1) is 17.1. The average Bonchev–Trinajstić information content (AvgIpc) is 2.59. The molecule has 0 unspecified atom stereocenters. The maximum Gasteiger partial charge on any atom is 0.293 e. The molecule has 7 heteroatoms. The van der Waals surface area contributed by atoms with Crippen LogP contribution in [-0.2, 0) is 6.54 Å². The second-order valence-electron chi connectivity index (χ2n) is 5.17. The number of carbonyl (C=O) groups is 2. The summed E-state index contributed by atoms with van der Waals surface area (Å²) in [6.45, 7) is 1.72. The summed E-state index contributed by atoms with van der Waals surface area (Å²) in [5.41, 5.74) is 1.89. The van der Waals surface area contributed by atoms with Crippen molar-refractivity contribution in [1.82, 2.24) is 5.32 Å². The second-order valence-corrected chi connectivity index (χ2v) is 5.17. The average molecular weight is 327 g/mol. The van der Waals surface area contributed by atoms with Gasteiger partial charge in [-0.05, 0) is 36.8 Å². The lowest BCUT2D eigenvalue weighted by atomic mass is 10.1. The maximum atomic E-state index is 11.5. The third kappa shape index (κ3) is 3.95. The van der Waals surface area contributed by atoms with Gasteiger partial charge < -0.3 is 10.6 Å². The molecule has 0 aliphatic rings. The van der Waals surface area contributed by atoms with Crippen LogP contribution in [0.3, 0.4) is 0 Å². The third-order valence-corrected chi connectivity index (χ3v) is 3.53. The van der Waals surface area contributed by atoms with E-state index in [1.807, 2.05) is 0 Å². The number of nitro benzene ring substituents is 1. The van der Waals surface area contributed by atoms with Crippen molar-refractivity contribution < 1.29 is 14.5 Å². The zero-order valence-corrected chi connectivity index (χ0v) is 13.3. The van der Waals surface area contributed by atoms with Crippen LogP contribution in [0, 0.1) is 10.1 Å². The predicted octanol–water partition coefficient (Wildman–Crippen LogP) is 2.77. The number of anilines is 1. The fourth-order valence-corrected chi connectivity index (χ4v) is 2.17. The molecule has 2 aromatic carbocycles. The summed E-state index contributed by atoms with van der Waals surface area (Å²) >= 11 is 0. The van der Waals surface area contributed by atoms with E-state index in [9.17, 15) is 19.7 Å². The first-order valence-corrected chi connectivity index (χ1v) is 7.26. The van der Waals surface area contributed by atoms with E-state index in [2.05, 4.69) is 10.6 Å². The van der Waals surface area contributed by atoms with Crippen LogP contribution in [0.25, 0.3) is 0 Å². The quantitative estimate of drug-likeness (QED) is 0.482. The molecule has 0 aromatic heterocycles. The number of ketones is 1. The minimum atomic E-state index is -0.524. The van der Waals surface area contributed by atoms with Crippen molar-refractivity contribution in [2.24, 2.45) is 0 Å². The maximum absolute atomic E-state index is 11.5. The summed E-state index contributed by atoms with van der Waals surface area (Å²) < 4.78 is 0. The van der Waals surface area contributed by atoms with E-state index < -0.39 is 4.92 Å². The van der Waals surface area contributed by atoms with Gasteiger partial charge in [0.25, 0.3) is 11.6 Å². The standard InChI is InChI=1S/C17H17N3O4/c1-11(21)14-7-8-15(16(9-14)20(23)24)19-10-12-3-5-13(6-4-12)17(22)18-2/h3-9,19H,10H2,1-2H3,(H,18,22). The molecule has 0 radical (unpaired) electrons. The normalized spacial score (nSPS) is 10.1. The number of amides is 1. The molecular weight excluding hydrogens is 310 g/mol. The number of hydrogen-bond donors (Lipinski definition) is 2. The molecule has 0 spiro atoms. The molecule has 0 fully saturated rings. The van der Waals surface area contributed by atoms with Gasteiger partial charge in [-0.3, -0.25) is 19.7 Å². The summed E-state index contributed by atoms with van der Waals surface area (Å²) in [5, 5.41) is 16.7. The van der Waals surface area contributed by atoms with Crippen LogP contribution < -0.4 is 10.6 Å². The number of nitrogens with one attached hydrogen (secondary N) is 2. The molecule has 2 N–H and O–H groups in total. The van der Waals surface area contributed by atoms with Gasteiger partial charge in [0.2, 0.25) is 0 Å². The van der Waals surface area contributed by atoms with Crippen molar-refractivity contribution >= 4 is 23.1 Å². The molecule has 0 aliphatic carbocycles. The summed E-state index contributed by atoms with van der Waals surface area (Å²) in [4.78, 5) is 33.5. The Morgan fingerprint density at radius 2 is 1.71 bits per heavy atom. The smallest absolute Gasteiger partial charge is 0.293 e. The SMILES string of the molecule is CNC(=O)c1ccc(CNc2ccc(C(C)=O)cc2[N+](=O)[O-])cc1. The van der Waals surface area contributed by atoms with E-state index in [1.54, 1.807) is 37.4 Å². The minimum absolute atomic E-state index is 0.148. The molecule has 0 aliphatic heterocycles. The van der Waals surface area contributed by atoms with E-state index >= 15 is 0 Å². The highest BCUT2D eigenvalue weighted by Gasteiger charge is 2.16. The lowest BCUT2D eigenvalue weighted by Gasteiger charge is -2.09. The van der Waals surface area contributed by atoms with Crippen molar-refractivity contribution in [1.29, 1.82) is 0 Å². The van der Waals surface area contributed by atoms with Gasteiger partial charge in [-0.2, -0.15) is 0 Å². The van der Waals surface area contributed by atoms with Gasteiger partial charge >= 0.3 is 0 Å². The predicted molar refractivity (Wildman–Crippen MR) is 90.3 cm³/mol. The van der Waals surface area contributed by atoms with Crippen molar-refractivity contribution in [3.63, 3.8) is 0 Å². The van der Waals surface area contributed by atoms with Crippen molar-refractivity contribution in [2.45, 2.75) is 13.5 Å². The molecule has 2 rings (SSSR count). The van der Waals surface area contributed by atoms with Crippen molar-refractivity contribution in [3.05, 3.63) is 69.3 Å². The fourth-order valence-electron chi connectivity index (χ4n) is 2.17. The molecule has 0 atom stereocenters. The molecule has 0 heterocycles. The molecule has 2 aromatic rings. The van der Waals surface area contributed by atoms with Gasteiger partial charge in [0.05, 0.1) is 4.92 Å². The van der Waals surface area contributed by atoms with Crippen LogP contribution in [0.1, 0.15) is 33.2 Å². The van der Waals surface area contributed by atoms with Crippen LogP contribution in [0.2, 0.25) is 0 Å². The lowest BCUT2D eigenvalue weighted by Crippen LogP contribution is -2.17. The summed E-state index contributed by atoms with van der Waals surface area (Å²) in [5.74, 6) is -0.403. The number of nitrogens with zero attached hydrogens (tertiary/aromatic N) is 1. The van der Waals surface area contributed by atoms with Gasteiger partial charge in [-0.25, -0.2) is 0 Å². The third-order valence-electron chi connectivity index (χ3n) is 3.53. The monoisotopic (exact) mass is 327 g/mol. The summed E-state index contributed by atoms with van der Waals surface area (Å²) in [6, 6.07) is 11.2. The van der Waals surface area contributed by atoms with Crippen LogP contribution in [0.5, 0.6) is 0 Å². The van der Waals surface area contributed by atoms with Crippen LogP contribution in [0.15, 0.2) is 42.5 Å². The van der Waals surface area contributed by atoms with E-state index in [1.165, 1.54) is 19.1 Å². The Balaban J connectivity index is 2.15. The summed E-state index contributed by atoms with van der Waals surface area (Å²) in [6.07, 6.45) is 0. The molecule has 7 nitrogen and oxygen atoms in total. The first-order valence-electron chi connectivity index (χ1n) is 7.26. The van der Waals surface area contributed by atoms with Gasteiger partial charge in [0.1, 0.15) is 5.69 Å². The van der Waals surface area contributed by atoms with Gasteiger partial charge in [0.15, 0.2) is 5.78 Å². The Hall–Kier alpha value is -3.22. The number of carbonyl (C=O) groups excluding carboxylic acids is 2. The van der Waals surface area contributed by atoms with Crippen molar-refractivity contribution in [2.75, 3.05) is 12.4 Å². The molecular formula is C17H17N3O4. The minimum Gasteiger partial charge on any atom is -0.375 e. The number of benzene rings is 2. The molecule has 24 heavy (non-hydrogen) atoms. The van der Waals surface area contributed by atoms with Crippen LogP contribution >= 0.6 is 0 Å². The molecule has 124 valence electrons. The number of rotatable bonds is 6. The first-order chi connectivity index (χ1) is 11.4. The van der Waals surface area contributed by atoms with E-state index in [4.69, 9.17) is 0 Å². The Bertz CT molecular complexity index is 785. The van der Waals surface area contributed by atoms with E-state index in [0.29, 0.717) is 23.4 Å². The Morgan fingerprint density at radius 3 is 2.25 bits per heavy atom. The second kappa shape index (κ2) is 7.36. The van der Waals surface area contributed by atoms with Gasteiger partial charge in [-0.15, -0.1) is 0 Å².